The molecule has 1 aliphatic heterocycles. The lowest BCUT2D eigenvalue weighted by molar-refractivity contribution is 0.00503. The highest BCUT2D eigenvalue weighted by Crippen LogP contribution is 2.35. The molecule has 5 aromatic rings. The maximum Gasteiger partial charge on any atom is 0.256 e. The summed E-state index contributed by atoms with van der Waals surface area (Å²) in [5.74, 6) is 2.16. The number of nitrogens with one attached hydrogen (secondary N) is 1. The van der Waals surface area contributed by atoms with Gasteiger partial charge in [-0.2, -0.15) is 0 Å². The van der Waals surface area contributed by atoms with Crippen molar-refractivity contribution in [3.8, 4) is 22.9 Å². The van der Waals surface area contributed by atoms with Crippen LogP contribution in [-0.4, -0.2) is 94.9 Å². The number of benzene rings is 1. The minimum atomic E-state index is -0.224. The van der Waals surface area contributed by atoms with Crippen molar-refractivity contribution in [2.24, 2.45) is 0 Å². The number of morpholine rings is 1. The highest BCUT2D eigenvalue weighted by atomic mass is 35.5. The smallest absolute Gasteiger partial charge is 0.256 e. The number of oxazole rings is 1. The van der Waals surface area contributed by atoms with Gasteiger partial charge in [0.05, 0.1) is 55.5 Å². The molecule has 1 N–H and O–H groups in total. The molecule has 7 rings (SSSR count). The fourth-order valence-corrected chi connectivity index (χ4v) is 6.55. The van der Waals surface area contributed by atoms with E-state index in [9.17, 15) is 0 Å². The van der Waals surface area contributed by atoms with E-state index in [2.05, 4.69) is 35.7 Å². The lowest BCUT2D eigenvalue weighted by Crippen LogP contribution is -2.45. The van der Waals surface area contributed by atoms with Gasteiger partial charge in [0.25, 0.3) is 5.88 Å². The molecule has 1 saturated heterocycles. The molecule has 16 heteroatoms. The Labute approximate surface area is 288 Å². The van der Waals surface area contributed by atoms with Crippen LogP contribution in [0, 0.1) is 0 Å². The third kappa shape index (κ3) is 8.53. The molecule has 0 spiro atoms. The predicted molar refractivity (Wildman–Crippen MR) is 180 cm³/mol. The van der Waals surface area contributed by atoms with Crippen molar-refractivity contribution >= 4 is 23.2 Å². The number of anilines is 2. The number of tetrazole rings is 1. The van der Waals surface area contributed by atoms with Crippen molar-refractivity contribution in [2.45, 2.75) is 70.2 Å². The lowest BCUT2D eigenvalue weighted by Gasteiger charge is -2.38. The van der Waals surface area contributed by atoms with Gasteiger partial charge in [-0.25, -0.2) is 19.6 Å². The summed E-state index contributed by atoms with van der Waals surface area (Å²) in [6, 6.07) is 8.31. The molecule has 1 saturated carbocycles. The Bertz CT molecular complexity index is 1750. The SMILES string of the molecule is C[C@@H](Cn1cnnn1)Oc1cc(-c2ccnc(Nc3cn(C4CCC(N5CCOCC5)CC4)nc3OCCCc3ncco3)n2)ccc1Cl. The fourth-order valence-electron chi connectivity index (χ4n) is 6.39. The number of rotatable bonds is 14. The number of ether oxygens (including phenoxy) is 3. The Morgan fingerprint density at radius 2 is 1.92 bits per heavy atom. The van der Waals surface area contributed by atoms with Crippen molar-refractivity contribution in [3.63, 3.8) is 0 Å². The Balaban J connectivity index is 1.05. The zero-order valence-electron chi connectivity index (χ0n) is 27.4. The minimum absolute atomic E-state index is 0.224. The van der Waals surface area contributed by atoms with E-state index in [1.165, 1.54) is 0 Å². The average molecular weight is 690 g/mol. The second-order valence-electron chi connectivity index (χ2n) is 12.3. The van der Waals surface area contributed by atoms with Gasteiger partial charge in [0, 0.05) is 37.3 Å². The van der Waals surface area contributed by atoms with E-state index in [4.69, 9.17) is 40.3 Å². The molecular formula is C33H40ClN11O4. The molecule has 0 bridgehead atoms. The molecular weight excluding hydrogens is 650 g/mol. The van der Waals surface area contributed by atoms with Gasteiger partial charge in [0.15, 0.2) is 5.89 Å². The van der Waals surface area contributed by atoms with E-state index < -0.39 is 0 Å². The van der Waals surface area contributed by atoms with Crippen LogP contribution in [0.15, 0.2) is 59.9 Å². The summed E-state index contributed by atoms with van der Waals surface area (Å²) in [5, 5.41) is 20.0. The summed E-state index contributed by atoms with van der Waals surface area (Å²) in [6.45, 7) is 6.54. The van der Waals surface area contributed by atoms with Gasteiger partial charge in [-0.3, -0.25) is 9.58 Å². The third-order valence-electron chi connectivity index (χ3n) is 8.85. The van der Waals surface area contributed by atoms with Crippen molar-refractivity contribution in [1.82, 2.24) is 49.8 Å². The first-order valence-corrected chi connectivity index (χ1v) is 17.1. The van der Waals surface area contributed by atoms with Gasteiger partial charge in [-0.1, -0.05) is 17.7 Å². The predicted octanol–water partition coefficient (Wildman–Crippen LogP) is 5.01. The van der Waals surface area contributed by atoms with E-state index in [1.54, 1.807) is 35.7 Å². The molecule has 2 fully saturated rings. The zero-order chi connectivity index (χ0) is 33.4. The van der Waals surface area contributed by atoms with Crippen molar-refractivity contribution in [3.05, 3.63) is 66.4 Å². The van der Waals surface area contributed by atoms with Crippen LogP contribution in [0.3, 0.4) is 0 Å². The average Bonchev–Trinajstić information content (AvgIpc) is 3.92. The van der Waals surface area contributed by atoms with Crippen LogP contribution in [0.25, 0.3) is 11.3 Å². The first-order valence-electron chi connectivity index (χ1n) is 16.8. The van der Waals surface area contributed by atoms with Crippen molar-refractivity contribution < 1.29 is 18.6 Å². The molecule has 1 aromatic carbocycles. The summed E-state index contributed by atoms with van der Waals surface area (Å²) in [6.07, 6.45) is 14.1. The van der Waals surface area contributed by atoms with Crippen LogP contribution in [0.1, 0.15) is 51.0 Å². The summed E-state index contributed by atoms with van der Waals surface area (Å²) in [7, 11) is 0. The van der Waals surface area contributed by atoms with Crippen LogP contribution < -0.4 is 14.8 Å². The molecule has 1 atom stereocenters. The molecule has 4 aromatic heterocycles. The molecule has 5 heterocycles. The minimum Gasteiger partial charge on any atom is -0.487 e. The molecule has 15 nitrogen and oxygen atoms in total. The van der Waals surface area contributed by atoms with Crippen molar-refractivity contribution in [2.75, 3.05) is 38.2 Å². The van der Waals surface area contributed by atoms with Crippen LogP contribution in [0.4, 0.5) is 11.6 Å². The number of nitrogens with zero attached hydrogens (tertiary/aromatic N) is 10. The molecule has 49 heavy (non-hydrogen) atoms. The maximum absolute atomic E-state index is 6.50. The molecule has 0 amide bonds. The quantitative estimate of drug-likeness (QED) is 0.155. The van der Waals surface area contributed by atoms with E-state index in [-0.39, 0.29) is 12.1 Å². The highest BCUT2D eigenvalue weighted by molar-refractivity contribution is 6.32. The van der Waals surface area contributed by atoms with Crippen LogP contribution in [0.2, 0.25) is 5.02 Å². The topological polar surface area (TPSA) is 156 Å². The number of aromatic nitrogens is 9. The number of hydrogen-bond donors (Lipinski definition) is 1. The molecule has 2 aliphatic rings. The van der Waals surface area contributed by atoms with Gasteiger partial charge in [-0.05, 0) is 67.7 Å². The summed E-state index contributed by atoms with van der Waals surface area (Å²) < 4.78 is 27.0. The fraction of sp³-hybridized carbons (Fsp3) is 0.485. The molecule has 258 valence electrons. The Morgan fingerprint density at radius 3 is 2.71 bits per heavy atom. The summed E-state index contributed by atoms with van der Waals surface area (Å²) in [4.78, 5) is 16.1. The lowest BCUT2D eigenvalue weighted by atomic mass is 9.90. The van der Waals surface area contributed by atoms with Gasteiger partial charge in [0.1, 0.15) is 30.1 Å². The van der Waals surface area contributed by atoms with Gasteiger partial charge in [-0.15, -0.1) is 10.2 Å². The summed E-state index contributed by atoms with van der Waals surface area (Å²) in [5.41, 5.74) is 2.24. The first-order chi connectivity index (χ1) is 24.1. The number of hydrogen-bond acceptors (Lipinski definition) is 13. The Kier molecular flexibility index (Phi) is 10.6. The monoisotopic (exact) mass is 689 g/mol. The van der Waals surface area contributed by atoms with Gasteiger partial charge in [0.2, 0.25) is 5.95 Å². The van der Waals surface area contributed by atoms with E-state index in [0.29, 0.717) is 65.5 Å². The number of aryl methyl sites for hydroxylation is 1. The normalized spacial score (nSPS) is 19.1. The zero-order valence-corrected chi connectivity index (χ0v) is 28.2. The van der Waals surface area contributed by atoms with E-state index >= 15 is 0 Å². The van der Waals surface area contributed by atoms with Crippen molar-refractivity contribution in [1.29, 1.82) is 0 Å². The van der Waals surface area contributed by atoms with Crippen LogP contribution in [-0.2, 0) is 17.7 Å². The van der Waals surface area contributed by atoms with Gasteiger partial charge < -0.3 is 23.9 Å². The largest absolute Gasteiger partial charge is 0.487 e. The van der Waals surface area contributed by atoms with E-state index in [0.717, 1.165) is 64.0 Å². The Morgan fingerprint density at radius 1 is 1.06 bits per heavy atom. The first kappa shape index (κ1) is 32.9. The Hall–Kier alpha value is -4.60. The standard InChI is InChI=1S/C33H40ClN11O4/c1-23(20-44-22-37-41-42-44)49-30-19-24(4-9-27(30)34)28-10-11-36-33(38-28)39-29-21-45(40-32(29)48-15-2-3-31-35-12-16-47-31)26-7-5-25(6-8-26)43-13-17-46-18-14-43/h4,9-12,16,19,21-23,25-26H,2-3,5-8,13-15,17-18,20H2,1H3,(H,36,38,39)/t23-,25?,26?/m0/s1. The van der Waals surface area contributed by atoms with Crippen LogP contribution in [0.5, 0.6) is 11.6 Å². The molecule has 0 unspecified atom stereocenters. The highest BCUT2D eigenvalue weighted by Gasteiger charge is 2.29. The third-order valence-corrected chi connectivity index (χ3v) is 9.16. The molecule has 1 aliphatic carbocycles. The number of halogens is 1. The summed E-state index contributed by atoms with van der Waals surface area (Å²) >= 11 is 6.50. The second kappa shape index (κ2) is 15.7. The van der Waals surface area contributed by atoms with Gasteiger partial charge >= 0.3 is 0 Å². The van der Waals surface area contributed by atoms with E-state index in [1.807, 2.05) is 36.0 Å². The van der Waals surface area contributed by atoms with Crippen LogP contribution >= 0.6 is 11.6 Å². The second-order valence-corrected chi connectivity index (χ2v) is 12.7. The maximum atomic E-state index is 6.50. The molecule has 0 radical (unpaired) electrons.